The summed E-state index contributed by atoms with van der Waals surface area (Å²) in [6.45, 7) is 0. The third-order valence-corrected chi connectivity index (χ3v) is 4.84. The van der Waals surface area contributed by atoms with E-state index in [1.165, 1.54) is 24.9 Å². The molecule has 0 radical (unpaired) electrons. The number of methoxy groups -OCH3 is 1. The zero-order valence-corrected chi connectivity index (χ0v) is 12.1. The lowest BCUT2D eigenvalue weighted by molar-refractivity contribution is -0.387. The first-order chi connectivity index (χ1) is 9.87. The van der Waals surface area contributed by atoms with Crippen molar-refractivity contribution in [2.24, 2.45) is 5.41 Å². The van der Waals surface area contributed by atoms with Crippen LogP contribution in [0, 0.1) is 21.3 Å². The molecule has 1 aromatic carbocycles. The van der Waals surface area contributed by atoms with Crippen LogP contribution in [0.4, 0.5) is 10.1 Å². The second-order valence-electron chi connectivity index (χ2n) is 5.07. The first-order valence-electron chi connectivity index (χ1n) is 6.23. The highest BCUT2D eigenvalue weighted by atomic mass is 32.2. The van der Waals surface area contributed by atoms with Gasteiger partial charge in [0.15, 0.2) is 11.6 Å². The van der Waals surface area contributed by atoms with E-state index >= 15 is 0 Å². The summed E-state index contributed by atoms with van der Waals surface area (Å²) >= 11 is 1.17. The van der Waals surface area contributed by atoms with Crippen molar-refractivity contribution in [3.05, 3.63) is 28.1 Å². The van der Waals surface area contributed by atoms with E-state index in [1.54, 1.807) is 0 Å². The van der Waals surface area contributed by atoms with Gasteiger partial charge in [-0.05, 0) is 18.3 Å². The quantitative estimate of drug-likeness (QED) is 0.472. The molecule has 6 nitrogen and oxygen atoms in total. The van der Waals surface area contributed by atoms with E-state index in [0.29, 0.717) is 5.75 Å². The molecule has 0 amide bonds. The van der Waals surface area contributed by atoms with E-state index in [1.807, 2.05) is 0 Å². The molecule has 0 bridgehead atoms. The van der Waals surface area contributed by atoms with Crippen LogP contribution in [0.1, 0.15) is 19.3 Å². The topological polar surface area (TPSA) is 89.7 Å². The van der Waals surface area contributed by atoms with Crippen molar-refractivity contribution in [1.29, 1.82) is 0 Å². The van der Waals surface area contributed by atoms with Gasteiger partial charge in [0.2, 0.25) is 0 Å². The Bertz CT molecular complexity index is 588. The number of carboxylic acid groups (broad SMARTS) is 1. The van der Waals surface area contributed by atoms with E-state index in [2.05, 4.69) is 0 Å². The number of benzene rings is 1. The van der Waals surface area contributed by atoms with Crippen LogP contribution in [0.2, 0.25) is 0 Å². The SMILES string of the molecule is COc1cc(SCC2(CC(=O)O)CC2)c([N+](=O)[O-])cc1F. The van der Waals surface area contributed by atoms with Gasteiger partial charge in [-0.3, -0.25) is 14.9 Å². The summed E-state index contributed by atoms with van der Waals surface area (Å²) in [4.78, 5) is 21.4. The number of nitro benzene ring substituents is 1. The maximum absolute atomic E-state index is 13.5. The van der Waals surface area contributed by atoms with Gasteiger partial charge in [0.05, 0.1) is 29.4 Å². The molecule has 0 unspecified atom stereocenters. The minimum Gasteiger partial charge on any atom is -0.494 e. The fourth-order valence-electron chi connectivity index (χ4n) is 2.04. The van der Waals surface area contributed by atoms with Crippen molar-refractivity contribution in [1.82, 2.24) is 0 Å². The normalized spacial score (nSPS) is 15.5. The molecule has 1 aliphatic carbocycles. The number of ether oxygens (including phenoxy) is 1. The minimum absolute atomic E-state index is 0.0477. The van der Waals surface area contributed by atoms with Gasteiger partial charge in [-0.25, -0.2) is 4.39 Å². The highest BCUT2D eigenvalue weighted by Crippen LogP contribution is 2.52. The summed E-state index contributed by atoms with van der Waals surface area (Å²) in [5, 5.41) is 19.8. The van der Waals surface area contributed by atoms with Crippen molar-refractivity contribution in [3.8, 4) is 5.75 Å². The second-order valence-corrected chi connectivity index (χ2v) is 6.09. The predicted octanol–water partition coefficient (Wildman–Crippen LogP) is 3.09. The molecule has 1 N–H and O–H groups in total. The summed E-state index contributed by atoms with van der Waals surface area (Å²) in [7, 11) is 1.28. The number of rotatable bonds is 7. The van der Waals surface area contributed by atoms with Crippen molar-refractivity contribution in [2.75, 3.05) is 12.9 Å². The zero-order valence-electron chi connectivity index (χ0n) is 11.3. The Kier molecular flexibility index (Phi) is 4.36. The van der Waals surface area contributed by atoms with Crippen LogP contribution < -0.4 is 4.74 Å². The van der Waals surface area contributed by atoms with Crippen molar-refractivity contribution in [2.45, 2.75) is 24.2 Å². The molecule has 1 aromatic rings. The minimum atomic E-state index is -0.876. The van der Waals surface area contributed by atoms with Crippen LogP contribution in [0.5, 0.6) is 5.75 Å². The van der Waals surface area contributed by atoms with E-state index in [9.17, 15) is 19.3 Å². The van der Waals surface area contributed by atoms with Crippen LogP contribution in [0.15, 0.2) is 17.0 Å². The average molecular weight is 315 g/mol. The Morgan fingerprint density at radius 3 is 2.71 bits per heavy atom. The summed E-state index contributed by atoms with van der Waals surface area (Å²) in [6.07, 6.45) is 1.63. The lowest BCUT2D eigenvalue weighted by atomic mass is 10.1. The Morgan fingerprint density at radius 1 is 1.57 bits per heavy atom. The highest BCUT2D eigenvalue weighted by Gasteiger charge is 2.44. The number of thioether (sulfide) groups is 1. The maximum atomic E-state index is 13.5. The summed E-state index contributed by atoms with van der Waals surface area (Å²) in [6, 6.07) is 2.12. The molecule has 1 saturated carbocycles. The van der Waals surface area contributed by atoms with Gasteiger partial charge in [0, 0.05) is 11.8 Å². The van der Waals surface area contributed by atoms with Crippen molar-refractivity contribution < 1.29 is 24.0 Å². The van der Waals surface area contributed by atoms with Gasteiger partial charge in [-0.15, -0.1) is 11.8 Å². The smallest absolute Gasteiger partial charge is 0.303 e. The number of hydrogen-bond donors (Lipinski definition) is 1. The zero-order chi connectivity index (χ0) is 15.6. The molecule has 0 heterocycles. The molecule has 1 fully saturated rings. The van der Waals surface area contributed by atoms with Gasteiger partial charge in [0.25, 0.3) is 5.69 Å². The van der Waals surface area contributed by atoms with Gasteiger partial charge in [0.1, 0.15) is 0 Å². The Hall–Kier alpha value is -1.83. The number of nitrogens with zero attached hydrogens (tertiary/aromatic N) is 1. The molecule has 0 saturated heterocycles. The van der Waals surface area contributed by atoms with Gasteiger partial charge < -0.3 is 9.84 Å². The number of hydrogen-bond acceptors (Lipinski definition) is 5. The van der Waals surface area contributed by atoms with Crippen LogP contribution in [0.3, 0.4) is 0 Å². The molecule has 8 heteroatoms. The standard InChI is InChI=1S/C13H14FNO5S/c1-20-10-5-11(9(15(18)19)4-8(10)14)21-7-13(2-3-13)6-12(16)17/h4-5H,2-3,6-7H2,1H3,(H,16,17). The lowest BCUT2D eigenvalue weighted by Crippen LogP contribution is -2.11. The fraction of sp³-hybridized carbons (Fsp3) is 0.462. The largest absolute Gasteiger partial charge is 0.494 e. The molecule has 21 heavy (non-hydrogen) atoms. The first kappa shape index (κ1) is 15.6. The molecule has 2 rings (SSSR count). The monoisotopic (exact) mass is 315 g/mol. The predicted molar refractivity (Wildman–Crippen MR) is 74.3 cm³/mol. The molecule has 114 valence electrons. The highest BCUT2D eigenvalue weighted by molar-refractivity contribution is 7.99. The summed E-state index contributed by atoms with van der Waals surface area (Å²) < 4.78 is 18.4. The van der Waals surface area contributed by atoms with Crippen LogP contribution in [-0.2, 0) is 4.79 Å². The van der Waals surface area contributed by atoms with E-state index in [-0.39, 0.29) is 28.2 Å². The van der Waals surface area contributed by atoms with E-state index < -0.39 is 16.7 Å². The van der Waals surface area contributed by atoms with Gasteiger partial charge in [-0.1, -0.05) is 0 Å². The van der Waals surface area contributed by atoms with Crippen LogP contribution >= 0.6 is 11.8 Å². The van der Waals surface area contributed by atoms with Gasteiger partial charge >= 0.3 is 5.97 Å². The molecule has 0 aromatic heterocycles. The molecule has 0 atom stereocenters. The maximum Gasteiger partial charge on any atom is 0.303 e. The third kappa shape index (κ3) is 3.63. The lowest BCUT2D eigenvalue weighted by Gasteiger charge is -2.12. The van der Waals surface area contributed by atoms with Crippen LogP contribution in [-0.4, -0.2) is 28.9 Å². The fourth-order valence-corrected chi connectivity index (χ4v) is 3.36. The Morgan fingerprint density at radius 2 is 2.24 bits per heavy atom. The van der Waals surface area contributed by atoms with Gasteiger partial charge in [-0.2, -0.15) is 0 Å². The molecule has 1 aliphatic rings. The third-order valence-electron chi connectivity index (χ3n) is 3.45. The number of carbonyl (C=O) groups is 1. The van der Waals surface area contributed by atoms with Crippen molar-refractivity contribution in [3.63, 3.8) is 0 Å². The number of nitro groups is 1. The summed E-state index contributed by atoms with van der Waals surface area (Å²) in [5.41, 5.74) is -0.629. The Balaban J connectivity index is 2.19. The molecule has 0 aliphatic heterocycles. The van der Waals surface area contributed by atoms with E-state index in [4.69, 9.17) is 9.84 Å². The molecule has 0 spiro atoms. The molecular formula is C13H14FNO5S. The summed E-state index contributed by atoms with van der Waals surface area (Å²) in [5.74, 6) is -1.28. The van der Waals surface area contributed by atoms with E-state index in [0.717, 1.165) is 18.9 Å². The average Bonchev–Trinajstić information content (AvgIpc) is 3.16. The second kappa shape index (κ2) is 5.88. The first-order valence-corrected chi connectivity index (χ1v) is 7.22. The molecular weight excluding hydrogens is 301 g/mol. The number of aliphatic carboxylic acids is 1. The number of carboxylic acids is 1. The number of halogens is 1. The Labute approximate surface area is 124 Å². The van der Waals surface area contributed by atoms with Crippen molar-refractivity contribution >= 4 is 23.4 Å². The van der Waals surface area contributed by atoms with Crippen LogP contribution in [0.25, 0.3) is 0 Å².